The fourth-order valence-corrected chi connectivity index (χ4v) is 1.33. The highest BCUT2D eigenvalue weighted by molar-refractivity contribution is 5.72. The topological polar surface area (TPSA) is 38.3 Å². The third-order valence-electron chi connectivity index (χ3n) is 2.23. The second-order valence-corrected chi connectivity index (χ2v) is 5.07. The van der Waals surface area contributed by atoms with Gasteiger partial charge < -0.3 is 4.74 Å². The number of allylic oxidation sites excluding steroid dienone is 1. The third-order valence-corrected chi connectivity index (χ3v) is 2.23. The Morgan fingerprint density at radius 1 is 1.35 bits per heavy atom. The van der Waals surface area contributed by atoms with Gasteiger partial charge in [0.05, 0.1) is 0 Å². The van der Waals surface area contributed by atoms with Crippen LogP contribution in [0.2, 0.25) is 0 Å². The van der Waals surface area contributed by atoms with Crippen LogP contribution in [0.25, 0.3) is 0 Å². The van der Waals surface area contributed by atoms with E-state index >= 15 is 0 Å². The van der Waals surface area contributed by atoms with Crippen molar-refractivity contribution in [2.24, 2.45) is 0 Å². The normalized spacial score (nSPS) is 10.8. The molecule has 0 aliphatic rings. The molecule has 0 saturated carbocycles. The molecule has 0 saturated heterocycles. The highest BCUT2D eigenvalue weighted by Gasteiger charge is 2.14. The first-order valence-electron chi connectivity index (χ1n) is 5.54. The van der Waals surface area contributed by atoms with Crippen LogP contribution < -0.4 is 10.1 Å². The molecule has 0 heterocycles. The lowest BCUT2D eigenvalue weighted by Gasteiger charge is -2.19. The maximum atomic E-state index is 11.4. The van der Waals surface area contributed by atoms with Gasteiger partial charge in [0.2, 0.25) is 0 Å². The van der Waals surface area contributed by atoms with Crippen LogP contribution in [-0.2, 0) is 5.41 Å². The third kappa shape index (κ3) is 4.31. The molecule has 0 fully saturated rings. The van der Waals surface area contributed by atoms with E-state index in [2.05, 4.69) is 32.7 Å². The van der Waals surface area contributed by atoms with Gasteiger partial charge in [-0.25, -0.2) is 4.79 Å². The zero-order chi connectivity index (χ0) is 13.1. The maximum Gasteiger partial charge on any atom is 0.416 e. The summed E-state index contributed by atoms with van der Waals surface area (Å²) in [5, 5.41) is 2.49. The van der Waals surface area contributed by atoms with Crippen LogP contribution in [-0.4, -0.2) is 6.09 Å². The van der Waals surface area contributed by atoms with Gasteiger partial charge in [0, 0.05) is 5.70 Å². The number of benzene rings is 1. The monoisotopic (exact) mass is 233 g/mol. The number of hydrogen-bond donors (Lipinski definition) is 1. The van der Waals surface area contributed by atoms with E-state index in [0.717, 1.165) is 5.56 Å². The highest BCUT2D eigenvalue weighted by atomic mass is 16.6. The molecular weight excluding hydrogens is 214 g/mol. The number of hydrogen-bond acceptors (Lipinski definition) is 2. The zero-order valence-electron chi connectivity index (χ0n) is 10.8. The second-order valence-electron chi connectivity index (χ2n) is 5.07. The van der Waals surface area contributed by atoms with Crippen molar-refractivity contribution in [3.63, 3.8) is 0 Å². The molecule has 3 nitrogen and oxygen atoms in total. The lowest BCUT2D eigenvalue weighted by molar-refractivity contribution is 0.203. The molecule has 3 heteroatoms. The van der Waals surface area contributed by atoms with E-state index in [9.17, 15) is 4.79 Å². The summed E-state index contributed by atoms with van der Waals surface area (Å²) >= 11 is 0. The van der Waals surface area contributed by atoms with Crippen molar-refractivity contribution < 1.29 is 9.53 Å². The molecule has 0 aromatic heterocycles. The van der Waals surface area contributed by atoms with E-state index in [-0.39, 0.29) is 5.41 Å². The van der Waals surface area contributed by atoms with Crippen molar-refractivity contribution in [1.82, 2.24) is 5.32 Å². The number of ether oxygens (including phenoxy) is 1. The summed E-state index contributed by atoms with van der Waals surface area (Å²) in [7, 11) is 0. The van der Waals surface area contributed by atoms with Gasteiger partial charge in [0.25, 0.3) is 0 Å². The minimum absolute atomic E-state index is 0.0319. The van der Waals surface area contributed by atoms with Crippen molar-refractivity contribution in [1.29, 1.82) is 0 Å². The number of carbonyl (C=O) groups is 1. The summed E-state index contributed by atoms with van der Waals surface area (Å²) < 4.78 is 5.15. The molecule has 1 aromatic rings. The molecule has 1 amide bonds. The van der Waals surface area contributed by atoms with Gasteiger partial charge in [0.15, 0.2) is 0 Å². The molecule has 0 bridgehead atoms. The van der Waals surface area contributed by atoms with Gasteiger partial charge in [-0.05, 0) is 30.0 Å². The van der Waals surface area contributed by atoms with Crippen LogP contribution in [0.4, 0.5) is 4.79 Å². The Morgan fingerprint density at radius 3 is 2.53 bits per heavy atom. The lowest BCUT2D eigenvalue weighted by atomic mass is 9.87. The van der Waals surface area contributed by atoms with Crippen molar-refractivity contribution in [2.45, 2.75) is 33.1 Å². The van der Waals surface area contributed by atoms with Crippen LogP contribution in [0.5, 0.6) is 5.75 Å². The van der Waals surface area contributed by atoms with Gasteiger partial charge in [0.1, 0.15) is 5.75 Å². The number of rotatable bonds is 2. The van der Waals surface area contributed by atoms with Crippen LogP contribution in [0.1, 0.15) is 33.3 Å². The highest BCUT2D eigenvalue weighted by Crippen LogP contribution is 2.25. The van der Waals surface area contributed by atoms with Crippen molar-refractivity contribution in [3.8, 4) is 5.75 Å². The van der Waals surface area contributed by atoms with Gasteiger partial charge in [-0.1, -0.05) is 39.5 Å². The minimum Gasteiger partial charge on any atom is -0.410 e. The average Bonchev–Trinajstić information content (AvgIpc) is 2.15. The van der Waals surface area contributed by atoms with E-state index in [4.69, 9.17) is 4.74 Å². The number of nitrogens with one attached hydrogen (secondary N) is 1. The molecule has 0 spiro atoms. The minimum atomic E-state index is -0.511. The van der Waals surface area contributed by atoms with Gasteiger partial charge in [-0.2, -0.15) is 0 Å². The maximum absolute atomic E-state index is 11.4. The first kappa shape index (κ1) is 13.3. The van der Waals surface area contributed by atoms with E-state index in [0.29, 0.717) is 11.4 Å². The molecule has 0 atom stereocenters. The summed E-state index contributed by atoms with van der Waals surface area (Å²) in [5.41, 5.74) is 1.71. The molecule has 0 unspecified atom stereocenters. The fourth-order valence-electron chi connectivity index (χ4n) is 1.33. The summed E-state index contributed by atoms with van der Waals surface area (Å²) in [5.74, 6) is 0.538. The summed E-state index contributed by atoms with van der Waals surface area (Å²) in [6.45, 7) is 11.6. The Kier molecular flexibility index (Phi) is 3.94. The standard InChI is InChI=1S/C14H19NO2/c1-10(2)15-13(16)17-12-8-6-7-11(9-12)14(3,4)5/h6-9H,1H2,2-5H3,(H,15,16). The Bertz CT molecular complexity index is 430. The van der Waals surface area contributed by atoms with E-state index in [1.54, 1.807) is 13.0 Å². The Hall–Kier alpha value is -1.77. The van der Waals surface area contributed by atoms with Crippen LogP contribution in [0.15, 0.2) is 36.5 Å². The smallest absolute Gasteiger partial charge is 0.410 e. The fraction of sp³-hybridized carbons (Fsp3) is 0.357. The van der Waals surface area contributed by atoms with Crippen LogP contribution >= 0.6 is 0 Å². The molecule has 0 aliphatic carbocycles. The van der Waals surface area contributed by atoms with Crippen molar-refractivity contribution >= 4 is 6.09 Å². The largest absolute Gasteiger partial charge is 0.416 e. The molecule has 0 aliphatic heterocycles. The lowest BCUT2D eigenvalue weighted by Crippen LogP contribution is -2.24. The van der Waals surface area contributed by atoms with Gasteiger partial charge in [-0.15, -0.1) is 0 Å². The Balaban J connectivity index is 2.79. The predicted molar refractivity (Wildman–Crippen MR) is 69.1 cm³/mol. The van der Waals surface area contributed by atoms with Crippen molar-refractivity contribution in [3.05, 3.63) is 42.1 Å². The molecule has 17 heavy (non-hydrogen) atoms. The average molecular weight is 233 g/mol. The molecule has 0 radical (unpaired) electrons. The first-order chi connectivity index (χ1) is 7.79. The summed E-state index contributed by atoms with van der Waals surface area (Å²) in [6.07, 6.45) is -0.511. The Morgan fingerprint density at radius 2 is 2.00 bits per heavy atom. The van der Waals surface area contributed by atoms with E-state index < -0.39 is 6.09 Å². The Labute approximate surface area is 102 Å². The number of amides is 1. The molecule has 1 aromatic carbocycles. The quantitative estimate of drug-likeness (QED) is 0.847. The molecule has 1 rings (SSSR count). The zero-order valence-corrected chi connectivity index (χ0v) is 10.8. The van der Waals surface area contributed by atoms with E-state index in [1.807, 2.05) is 18.2 Å². The molecule has 92 valence electrons. The van der Waals surface area contributed by atoms with Crippen molar-refractivity contribution in [2.75, 3.05) is 0 Å². The predicted octanol–water partition coefficient (Wildman–Crippen LogP) is 3.61. The molecule has 1 N–H and O–H groups in total. The van der Waals surface area contributed by atoms with Gasteiger partial charge in [-0.3, -0.25) is 5.32 Å². The number of carbonyl (C=O) groups excluding carboxylic acids is 1. The second kappa shape index (κ2) is 5.04. The first-order valence-corrected chi connectivity index (χ1v) is 5.54. The van der Waals surface area contributed by atoms with Crippen LogP contribution in [0, 0.1) is 0 Å². The SMILES string of the molecule is C=C(C)NC(=O)Oc1cccc(C(C)(C)C)c1. The summed E-state index contributed by atoms with van der Waals surface area (Å²) in [4.78, 5) is 11.4. The molecular formula is C14H19NO2. The summed E-state index contributed by atoms with van der Waals surface area (Å²) in [6, 6.07) is 7.53. The van der Waals surface area contributed by atoms with E-state index in [1.165, 1.54) is 0 Å². The van der Waals surface area contributed by atoms with Gasteiger partial charge >= 0.3 is 6.09 Å². The van der Waals surface area contributed by atoms with Crippen LogP contribution in [0.3, 0.4) is 0 Å².